The van der Waals surface area contributed by atoms with Crippen molar-refractivity contribution in [2.45, 2.75) is 58.7 Å². The molecule has 0 fully saturated rings. The third-order valence-electron chi connectivity index (χ3n) is 6.04. The minimum absolute atomic E-state index is 0.0293. The fraction of sp³-hybridized carbons (Fsp3) is 0.524. The molecule has 0 radical (unpaired) electrons. The number of carbonyl (C=O) groups is 2. The van der Waals surface area contributed by atoms with Crippen LogP contribution in [0.25, 0.3) is 6.08 Å². The van der Waals surface area contributed by atoms with Crippen LogP contribution in [0.2, 0.25) is 18.1 Å². The second kappa shape index (κ2) is 7.12. The Morgan fingerprint density at radius 3 is 2.35 bits per heavy atom. The van der Waals surface area contributed by atoms with E-state index in [4.69, 9.17) is 9.47 Å². The van der Waals surface area contributed by atoms with E-state index in [-0.39, 0.29) is 23.5 Å². The lowest BCUT2D eigenvalue weighted by molar-refractivity contribution is -0.115. The Labute approximate surface area is 157 Å². The van der Waals surface area contributed by atoms with Crippen molar-refractivity contribution in [3.05, 3.63) is 28.3 Å². The van der Waals surface area contributed by atoms with E-state index in [9.17, 15) is 9.59 Å². The van der Waals surface area contributed by atoms with E-state index in [1.54, 1.807) is 13.2 Å². The van der Waals surface area contributed by atoms with Crippen molar-refractivity contribution in [1.82, 2.24) is 0 Å². The van der Waals surface area contributed by atoms with Gasteiger partial charge < -0.3 is 9.47 Å². The van der Waals surface area contributed by atoms with Gasteiger partial charge in [0.1, 0.15) is 5.75 Å². The molecule has 4 nitrogen and oxygen atoms in total. The molecule has 0 saturated carbocycles. The van der Waals surface area contributed by atoms with E-state index in [1.165, 1.54) is 5.19 Å². The highest BCUT2D eigenvalue weighted by Gasteiger charge is 2.42. The maximum absolute atomic E-state index is 12.4. The average molecular weight is 375 g/mol. The Kier molecular flexibility index (Phi) is 5.64. The van der Waals surface area contributed by atoms with Gasteiger partial charge in [0.2, 0.25) is 0 Å². The van der Waals surface area contributed by atoms with Crippen molar-refractivity contribution in [3.63, 3.8) is 0 Å². The van der Waals surface area contributed by atoms with Gasteiger partial charge in [0.15, 0.2) is 18.9 Å². The number of methoxy groups -OCH3 is 1. The maximum Gasteiger partial charge on any atom is 0.188 e. The molecular formula is C21H30O4Si. The van der Waals surface area contributed by atoms with E-state index in [1.807, 2.05) is 19.9 Å². The second-order valence-electron chi connectivity index (χ2n) is 8.57. The summed E-state index contributed by atoms with van der Waals surface area (Å²) in [6, 6.07) is 0. The van der Waals surface area contributed by atoms with Crippen molar-refractivity contribution in [2.24, 2.45) is 0 Å². The number of hydrogen-bond donors (Lipinski definition) is 0. The van der Waals surface area contributed by atoms with E-state index >= 15 is 0 Å². The Hall–Kier alpha value is -1.72. The van der Waals surface area contributed by atoms with Gasteiger partial charge in [-0.2, -0.15) is 0 Å². The molecule has 2 rings (SSSR count). The van der Waals surface area contributed by atoms with E-state index < -0.39 is 8.07 Å². The lowest BCUT2D eigenvalue weighted by Crippen LogP contribution is -2.53. The van der Waals surface area contributed by atoms with Gasteiger partial charge in [-0.1, -0.05) is 46.9 Å². The van der Waals surface area contributed by atoms with Gasteiger partial charge in [0.05, 0.1) is 13.6 Å². The first-order valence-electron chi connectivity index (χ1n) is 8.98. The number of ether oxygens (including phenoxy) is 2. The van der Waals surface area contributed by atoms with Crippen LogP contribution in [-0.2, 0) is 9.53 Å². The molecular weight excluding hydrogens is 344 g/mol. The molecule has 142 valence electrons. The summed E-state index contributed by atoms with van der Waals surface area (Å²) < 4.78 is 10.9. The fourth-order valence-corrected chi connectivity index (χ4v) is 6.27. The van der Waals surface area contributed by atoms with Crippen LogP contribution < -0.4 is 9.92 Å². The molecule has 0 aromatic heterocycles. The number of carbonyl (C=O) groups excluding carboxylic acids is 2. The summed E-state index contributed by atoms with van der Waals surface area (Å²) in [4.78, 5) is 24.4. The predicted octanol–water partition coefficient (Wildman–Crippen LogP) is 4.21. The lowest BCUT2D eigenvalue weighted by atomic mass is 9.84. The Morgan fingerprint density at radius 2 is 1.85 bits per heavy atom. The topological polar surface area (TPSA) is 52.6 Å². The molecule has 0 bridgehead atoms. The van der Waals surface area contributed by atoms with Crippen LogP contribution in [0.4, 0.5) is 0 Å². The average Bonchev–Trinajstić information content (AvgIpc) is 2.54. The molecule has 1 unspecified atom stereocenters. The summed E-state index contributed by atoms with van der Waals surface area (Å²) in [7, 11) is -0.427. The number of ketones is 1. The largest absolute Gasteiger partial charge is 0.466 e. The summed E-state index contributed by atoms with van der Waals surface area (Å²) in [6.45, 7) is 15.3. The third kappa shape index (κ3) is 3.18. The lowest BCUT2D eigenvalue weighted by Gasteiger charge is -2.41. The Bertz CT molecular complexity index is 769. The zero-order valence-electron chi connectivity index (χ0n) is 17.1. The van der Waals surface area contributed by atoms with Gasteiger partial charge in [-0.25, -0.2) is 0 Å². The summed E-state index contributed by atoms with van der Waals surface area (Å²) in [5, 5.41) is 1.33. The van der Waals surface area contributed by atoms with Gasteiger partial charge in [-0.15, -0.1) is 0 Å². The standard InChI is InChI=1S/C21H30O4Si/c1-13-16(11-22)19(25-12-24-6)18-14(2)17(23)10-9-15(18)20(13)26(7,8)21(3,4)5/h9-11,14H,12H2,1-8H3. The predicted molar refractivity (Wildman–Crippen MR) is 108 cm³/mol. The molecule has 0 heterocycles. The summed E-state index contributed by atoms with van der Waals surface area (Å²) >= 11 is 0. The second-order valence-corrected chi connectivity index (χ2v) is 13.8. The summed E-state index contributed by atoms with van der Waals surface area (Å²) in [6.07, 6.45) is 4.42. The summed E-state index contributed by atoms with van der Waals surface area (Å²) in [5.41, 5.74) is 3.37. The SMILES string of the molecule is COCOc1c(C=O)c(C)c([Si](C)(C)C(C)(C)C)c2c1C(C)C(=O)C=C2. The number of aldehydes is 1. The molecule has 0 saturated heterocycles. The normalized spacial score (nSPS) is 17.2. The molecule has 0 N–H and O–H groups in total. The smallest absolute Gasteiger partial charge is 0.188 e. The van der Waals surface area contributed by atoms with Crippen LogP contribution in [0, 0.1) is 6.92 Å². The third-order valence-corrected chi connectivity index (χ3v) is 11.7. The highest BCUT2D eigenvalue weighted by Crippen LogP contribution is 2.43. The number of rotatable bonds is 5. The van der Waals surface area contributed by atoms with Crippen molar-refractivity contribution in [1.29, 1.82) is 0 Å². The Morgan fingerprint density at radius 1 is 1.23 bits per heavy atom. The first kappa shape index (κ1) is 20.6. The minimum Gasteiger partial charge on any atom is -0.466 e. The van der Waals surface area contributed by atoms with Gasteiger partial charge >= 0.3 is 0 Å². The molecule has 0 aliphatic heterocycles. The van der Waals surface area contributed by atoms with Crippen molar-refractivity contribution in [2.75, 3.05) is 13.9 Å². The van der Waals surface area contributed by atoms with Gasteiger partial charge in [-0.05, 0) is 34.4 Å². The zero-order valence-corrected chi connectivity index (χ0v) is 18.1. The van der Waals surface area contributed by atoms with Gasteiger partial charge in [0.25, 0.3) is 0 Å². The number of allylic oxidation sites excluding steroid dienone is 1. The molecule has 0 amide bonds. The fourth-order valence-electron chi connectivity index (χ4n) is 3.56. The minimum atomic E-state index is -1.97. The monoisotopic (exact) mass is 374 g/mol. The van der Waals surface area contributed by atoms with E-state index in [2.05, 4.69) is 33.9 Å². The Balaban J connectivity index is 2.96. The molecule has 5 heteroatoms. The van der Waals surface area contributed by atoms with E-state index in [0.29, 0.717) is 11.3 Å². The van der Waals surface area contributed by atoms with Gasteiger partial charge in [-0.3, -0.25) is 9.59 Å². The number of hydrogen-bond acceptors (Lipinski definition) is 4. The number of fused-ring (bicyclic) bond motifs is 1. The highest BCUT2D eigenvalue weighted by molar-refractivity contribution is 6.93. The van der Waals surface area contributed by atoms with Crippen LogP contribution in [0.15, 0.2) is 6.08 Å². The molecule has 0 spiro atoms. The van der Waals surface area contributed by atoms with Crippen molar-refractivity contribution < 1.29 is 19.1 Å². The molecule has 1 aromatic carbocycles. The van der Waals surface area contributed by atoms with Crippen molar-refractivity contribution >= 4 is 31.4 Å². The zero-order chi connectivity index (χ0) is 19.9. The van der Waals surface area contributed by atoms with E-state index in [0.717, 1.165) is 23.0 Å². The number of benzene rings is 1. The van der Waals surface area contributed by atoms with Crippen molar-refractivity contribution in [3.8, 4) is 5.75 Å². The molecule has 26 heavy (non-hydrogen) atoms. The quantitative estimate of drug-likeness (QED) is 0.440. The maximum atomic E-state index is 12.4. The molecule has 1 aliphatic rings. The van der Waals surface area contributed by atoms with Gasteiger partial charge in [0, 0.05) is 18.6 Å². The summed E-state index contributed by atoms with van der Waals surface area (Å²) in [5.74, 6) is 0.174. The van der Waals surface area contributed by atoms with Crippen LogP contribution >= 0.6 is 0 Å². The van der Waals surface area contributed by atoms with Crippen LogP contribution in [0.3, 0.4) is 0 Å². The molecule has 1 atom stereocenters. The molecule has 1 aliphatic carbocycles. The van der Waals surface area contributed by atoms with Crippen LogP contribution in [0.5, 0.6) is 5.75 Å². The first-order chi connectivity index (χ1) is 12.0. The highest BCUT2D eigenvalue weighted by atomic mass is 28.3. The van der Waals surface area contributed by atoms with Crippen LogP contribution in [0.1, 0.15) is 60.7 Å². The first-order valence-corrected chi connectivity index (χ1v) is 12.0. The molecule has 1 aromatic rings. The van der Waals surface area contributed by atoms with Crippen LogP contribution in [-0.4, -0.2) is 34.0 Å².